The van der Waals surface area contributed by atoms with E-state index < -0.39 is 112 Å². The maximum atomic E-state index is 14.4. The second kappa shape index (κ2) is 12.7. The van der Waals surface area contributed by atoms with E-state index in [0.29, 0.717) is 0 Å². The lowest BCUT2D eigenvalue weighted by Crippen LogP contribution is -2.59. The quantitative estimate of drug-likeness (QED) is 0.214. The Hall–Kier alpha value is -3.76. The largest absolute Gasteiger partial charge is 0.507 e. The first kappa shape index (κ1) is 37.0. The first-order chi connectivity index (χ1) is 23.7. The van der Waals surface area contributed by atoms with E-state index in [1.54, 1.807) is 34.6 Å². The van der Waals surface area contributed by atoms with E-state index in [1.165, 1.54) is 32.2 Å². The fourth-order valence-corrected chi connectivity index (χ4v) is 8.37. The Balaban J connectivity index is 1.56. The highest BCUT2D eigenvalue weighted by Crippen LogP contribution is 2.53. The monoisotopic (exact) mass is 709 g/mol. The summed E-state index contributed by atoms with van der Waals surface area (Å²) in [6.07, 6.45) is -4.82. The number of Topliss-reactive ketones (excluding diaryl/α,β-unsaturated/α-hetero) is 1. The number of hydroxylamine groups is 2. The number of methoxy groups -OCH3 is 1. The summed E-state index contributed by atoms with van der Waals surface area (Å²) in [4.78, 5) is 56.0. The molecule has 2 aromatic carbocycles. The molecule has 0 amide bonds. The van der Waals surface area contributed by atoms with Crippen molar-refractivity contribution in [3.05, 3.63) is 51.6 Å². The zero-order valence-electron chi connectivity index (χ0n) is 29.8. The fraction of sp³-hybridized carbons (Fsp3) is 0.568. The van der Waals surface area contributed by atoms with Gasteiger partial charge < -0.3 is 40.0 Å². The summed E-state index contributed by atoms with van der Waals surface area (Å²) in [6.45, 7) is 9.63. The van der Waals surface area contributed by atoms with Gasteiger partial charge in [0, 0.05) is 53.1 Å². The second-order valence-electron chi connectivity index (χ2n) is 15.6. The summed E-state index contributed by atoms with van der Waals surface area (Å²) in [5.41, 5.74) is 0.921. The number of nitrogens with zero attached hydrogens (tertiary/aromatic N) is 1. The van der Waals surface area contributed by atoms with Crippen molar-refractivity contribution in [2.75, 3.05) is 7.11 Å². The molecule has 2 aliphatic carbocycles. The van der Waals surface area contributed by atoms with Gasteiger partial charge in [-0.1, -0.05) is 12.1 Å². The van der Waals surface area contributed by atoms with Crippen molar-refractivity contribution in [1.29, 1.82) is 0 Å². The number of aromatic hydroxyl groups is 1. The van der Waals surface area contributed by atoms with Crippen LogP contribution in [-0.4, -0.2) is 92.0 Å². The third-order valence-electron chi connectivity index (χ3n) is 10.9. The lowest BCUT2D eigenvalue weighted by Gasteiger charge is -2.49. The molecule has 2 heterocycles. The van der Waals surface area contributed by atoms with Gasteiger partial charge in [0.1, 0.15) is 22.8 Å². The van der Waals surface area contributed by atoms with Crippen LogP contribution in [-0.2, 0) is 30.7 Å². The molecule has 2 fully saturated rings. The summed E-state index contributed by atoms with van der Waals surface area (Å²) >= 11 is 0. The molecule has 0 saturated carbocycles. The van der Waals surface area contributed by atoms with Crippen LogP contribution in [0, 0.1) is 5.92 Å². The number of phenolic OH excluding ortho intramolecular Hbond substituents is 1. The number of hydrogen-bond donors (Lipinski definition) is 4. The molecule has 51 heavy (non-hydrogen) atoms. The normalized spacial score (nSPS) is 30.2. The number of aliphatic hydroxyl groups excluding tert-OH is 1. The third kappa shape index (κ3) is 6.06. The zero-order chi connectivity index (χ0) is 37.5. The number of aliphatic hydroxyl groups is 2. The van der Waals surface area contributed by atoms with Crippen LogP contribution < -0.4 is 15.2 Å². The Morgan fingerprint density at radius 2 is 1.67 bits per heavy atom. The van der Waals surface area contributed by atoms with Crippen molar-refractivity contribution < 1.29 is 58.7 Å². The maximum Gasteiger partial charge on any atom is 0.314 e. The number of ether oxygens (including phenoxy) is 4. The van der Waals surface area contributed by atoms with Gasteiger partial charge in [-0.3, -0.25) is 19.2 Å². The minimum absolute atomic E-state index is 0.00929. The summed E-state index contributed by atoms with van der Waals surface area (Å²) in [5.74, 6) is -4.79. The van der Waals surface area contributed by atoms with E-state index in [4.69, 9.17) is 24.7 Å². The molecule has 14 nitrogen and oxygen atoms in total. The van der Waals surface area contributed by atoms with Gasteiger partial charge in [-0.25, -0.2) is 0 Å². The number of benzene rings is 2. The number of rotatable bonds is 6. The van der Waals surface area contributed by atoms with Crippen molar-refractivity contribution in [3.63, 3.8) is 0 Å². The summed E-state index contributed by atoms with van der Waals surface area (Å²) in [7, 11) is 1.33. The highest BCUT2D eigenvalue weighted by molar-refractivity contribution is 6.31. The lowest BCUT2D eigenvalue weighted by molar-refractivity contribution is -0.293. The van der Waals surface area contributed by atoms with Gasteiger partial charge in [-0.05, 0) is 60.5 Å². The summed E-state index contributed by atoms with van der Waals surface area (Å²) in [6, 6.07) is 3.67. The topological polar surface area (TPSA) is 215 Å². The van der Waals surface area contributed by atoms with E-state index in [2.05, 4.69) is 0 Å². The SMILES string of the molecule is COc1cccc2c1C(=O)c1c(O)c3c(c(OC(=O)C4CC(C)(C)N([O])C(C)(C)C4)c1C2=O)C[C@@](O)(C(C)=O)C[C@@H]3OC1C[C@@H](N)[C@H](O)C(C)O1. The Kier molecular flexibility index (Phi) is 9.23. The Morgan fingerprint density at radius 1 is 1.02 bits per heavy atom. The molecule has 0 aromatic heterocycles. The second-order valence-corrected chi connectivity index (χ2v) is 15.6. The van der Waals surface area contributed by atoms with E-state index in [9.17, 15) is 39.7 Å². The average molecular weight is 710 g/mol. The number of esters is 1. The number of fused-ring (bicyclic) bond motifs is 3. The molecule has 2 aromatic rings. The standard InChI is InChI=1S/C37H45N2O12/c1-16-29(41)21(38)11-24(49-16)50-23-15-37(46,17(2)40)14-20-26(23)32(44)27-28(30(42)19-9-8-10-22(48-7)25(19)31(27)43)33(20)51-34(45)18-12-35(3,4)39(47)36(5,6)13-18/h8-10,16,18,21,23-24,29,41,44,46H,11-15,38H2,1-7H3/t16?,21-,23+,24?,29-,37+/m1/s1. The number of nitrogens with two attached hydrogens (primary N) is 1. The fourth-order valence-electron chi connectivity index (χ4n) is 8.37. The highest BCUT2D eigenvalue weighted by atomic mass is 16.7. The Labute approximate surface area is 295 Å². The number of carbonyl (C=O) groups is 4. The molecule has 2 unspecified atom stereocenters. The van der Waals surface area contributed by atoms with Crippen LogP contribution in [0.4, 0.5) is 0 Å². The lowest BCUT2D eigenvalue weighted by atomic mass is 9.72. The van der Waals surface area contributed by atoms with Crippen LogP contribution in [0.5, 0.6) is 17.2 Å². The number of phenols is 1. The molecule has 275 valence electrons. The highest BCUT2D eigenvalue weighted by Gasteiger charge is 2.52. The molecular formula is C37H45N2O12. The average Bonchev–Trinajstić information content (AvgIpc) is 3.05. The van der Waals surface area contributed by atoms with Crippen LogP contribution in [0.2, 0.25) is 0 Å². The first-order valence-corrected chi connectivity index (χ1v) is 17.1. The zero-order valence-corrected chi connectivity index (χ0v) is 29.8. The molecule has 2 saturated heterocycles. The Morgan fingerprint density at radius 3 is 2.25 bits per heavy atom. The van der Waals surface area contributed by atoms with Crippen molar-refractivity contribution in [2.24, 2.45) is 11.7 Å². The molecule has 2 aliphatic heterocycles. The molecule has 0 spiro atoms. The van der Waals surface area contributed by atoms with Crippen molar-refractivity contribution in [1.82, 2.24) is 5.06 Å². The molecule has 5 N–H and O–H groups in total. The predicted molar refractivity (Wildman–Crippen MR) is 178 cm³/mol. The van der Waals surface area contributed by atoms with Crippen LogP contribution in [0.25, 0.3) is 0 Å². The summed E-state index contributed by atoms with van der Waals surface area (Å²) in [5, 5.41) is 48.2. The molecule has 1 radical (unpaired) electrons. The number of ketones is 3. The van der Waals surface area contributed by atoms with E-state index in [0.717, 1.165) is 5.06 Å². The molecule has 6 rings (SSSR count). The number of carbonyl (C=O) groups excluding carboxylic acids is 4. The van der Waals surface area contributed by atoms with E-state index in [1.807, 2.05) is 0 Å². The van der Waals surface area contributed by atoms with Gasteiger partial charge >= 0.3 is 5.97 Å². The smallest absolute Gasteiger partial charge is 0.314 e. The van der Waals surface area contributed by atoms with Gasteiger partial charge in [0.25, 0.3) is 0 Å². The van der Waals surface area contributed by atoms with Gasteiger partial charge in [-0.2, -0.15) is 0 Å². The molecule has 14 heteroatoms. The van der Waals surface area contributed by atoms with Gasteiger partial charge in [0.15, 0.2) is 17.9 Å². The number of piperidine rings is 1. The van der Waals surface area contributed by atoms with Crippen LogP contribution in [0.1, 0.15) is 116 Å². The van der Waals surface area contributed by atoms with Crippen LogP contribution in [0.3, 0.4) is 0 Å². The van der Waals surface area contributed by atoms with Gasteiger partial charge in [-0.15, -0.1) is 10.3 Å². The van der Waals surface area contributed by atoms with E-state index >= 15 is 0 Å². The Bertz CT molecular complexity index is 1790. The molecule has 4 aliphatic rings. The molecule has 6 atom stereocenters. The van der Waals surface area contributed by atoms with Crippen molar-refractivity contribution >= 4 is 23.3 Å². The summed E-state index contributed by atoms with van der Waals surface area (Å²) < 4.78 is 23.7. The molecular weight excluding hydrogens is 664 g/mol. The van der Waals surface area contributed by atoms with Crippen molar-refractivity contribution in [2.45, 2.75) is 121 Å². The maximum absolute atomic E-state index is 14.4. The van der Waals surface area contributed by atoms with Gasteiger partial charge in [0.05, 0.1) is 48.0 Å². The first-order valence-electron chi connectivity index (χ1n) is 17.1. The minimum Gasteiger partial charge on any atom is -0.507 e. The van der Waals surface area contributed by atoms with Crippen molar-refractivity contribution in [3.8, 4) is 17.2 Å². The number of hydrogen-bond acceptors (Lipinski definition) is 13. The third-order valence-corrected chi connectivity index (χ3v) is 10.9. The minimum atomic E-state index is -2.12. The van der Waals surface area contributed by atoms with E-state index in [-0.39, 0.29) is 47.3 Å². The van der Waals surface area contributed by atoms with Crippen LogP contribution in [0.15, 0.2) is 18.2 Å². The van der Waals surface area contributed by atoms with Gasteiger partial charge in [0.2, 0.25) is 5.78 Å². The molecule has 0 bridgehead atoms. The predicted octanol–water partition coefficient (Wildman–Crippen LogP) is 2.84. The van der Waals surface area contributed by atoms with Crippen LogP contribution >= 0.6 is 0 Å².